The molecule has 1 aliphatic heterocycles. The van der Waals surface area contributed by atoms with Crippen LogP contribution in [0.5, 0.6) is 0 Å². The van der Waals surface area contributed by atoms with Crippen molar-refractivity contribution in [1.82, 2.24) is 9.97 Å². The Morgan fingerprint density at radius 1 is 1.26 bits per heavy atom. The van der Waals surface area contributed by atoms with Crippen molar-refractivity contribution < 1.29 is 9.18 Å². The van der Waals surface area contributed by atoms with Crippen molar-refractivity contribution in [3.8, 4) is 0 Å². The maximum absolute atomic E-state index is 13.9. The van der Waals surface area contributed by atoms with Crippen LogP contribution in [0.2, 0.25) is 0 Å². The topological polar surface area (TPSA) is 74.8 Å². The molecule has 0 fully saturated rings. The van der Waals surface area contributed by atoms with Crippen LogP contribution in [0.4, 0.5) is 10.2 Å². The molecule has 0 saturated heterocycles. The molecule has 2 aromatic rings. The molecule has 5 nitrogen and oxygen atoms in total. The fourth-order valence-electron chi connectivity index (χ4n) is 3.74. The third kappa shape index (κ3) is 3.32. The first kappa shape index (κ1) is 18.0. The highest BCUT2D eigenvalue weighted by Gasteiger charge is 2.37. The minimum Gasteiger partial charge on any atom is -0.343 e. The predicted octanol–water partition coefficient (Wildman–Crippen LogP) is 3.97. The Morgan fingerprint density at radius 3 is 2.81 bits per heavy atom. The van der Waals surface area contributed by atoms with E-state index < -0.39 is 11.7 Å². The number of aromatic amines is 1. The van der Waals surface area contributed by atoms with Gasteiger partial charge in [0.05, 0.1) is 5.56 Å². The van der Waals surface area contributed by atoms with Crippen molar-refractivity contribution in [1.29, 1.82) is 0 Å². The van der Waals surface area contributed by atoms with Crippen LogP contribution in [0.15, 0.2) is 45.5 Å². The lowest BCUT2D eigenvalue weighted by Crippen LogP contribution is -2.32. The summed E-state index contributed by atoms with van der Waals surface area (Å²) in [5, 5.41) is 4.02. The zero-order valence-electron chi connectivity index (χ0n) is 15.1. The van der Waals surface area contributed by atoms with E-state index in [0.29, 0.717) is 40.5 Å². The molecule has 0 unspecified atom stereocenters. The summed E-state index contributed by atoms with van der Waals surface area (Å²) in [7, 11) is 0. The molecule has 2 aliphatic rings. The monoisotopic (exact) mass is 385 g/mol. The van der Waals surface area contributed by atoms with Gasteiger partial charge in [-0.1, -0.05) is 37.7 Å². The van der Waals surface area contributed by atoms with Crippen molar-refractivity contribution in [2.75, 3.05) is 5.32 Å². The number of carbonyl (C=O) groups excluding carboxylic acids is 1. The maximum atomic E-state index is 13.9. The van der Waals surface area contributed by atoms with Crippen molar-refractivity contribution in [2.24, 2.45) is 0 Å². The van der Waals surface area contributed by atoms with E-state index in [1.807, 2.05) is 13.8 Å². The number of nitrogens with zero attached hydrogens (tertiary/aromatic N) is 1. The number of rotatable bonds is 3. The molecule has 0 saturated carbocycles. The molecule has 0 spiro atoms. The van der Waals surface area contributed by atoms with Crippen molar-refractivity contribution in [3.05, 3.63) is 62.8 Å². The van der Waals surface area contributed by atoms with Crippen LogP contribution < -0.4 is 10.9 Å². The quantitative estimate of drug-likeness (QED) is 0.618. The van der Waals surface area contributed by atoms with Gasteiger partial charge in [-0.2, -0.15) is 0 Å². The normalized spacial score (nSPS) is 19.0. The first-order chi connectivity index (χ1) is 12.9. The van der Waals surface area contributed by atoms with Crippen LogP contribution in [0.25, 0.3) is 0 Å². The molecule has 0 radical (unpaired) electrons. The average Bonchev–Trinajstić information content (AvgIpc) is 2.59. The molecule has 0 amide bonds. The molecule has 1 aromatic carbocycles. The Kier molecular flexibility index (Phi) is 4.63. The summed E-state index contributed by atoms with van der Waals surface area (Å²) in [6.07, 6.45) is 1.91. The highest BCUT2D eigenvalue weighted by molar-refractivity contribution is 7.99. The van der Waals surface area contributed by atoms with Crippen LogP contribution in [-0.4, -0.2) is 21.0 Å². The molecule has 2 N–H and O–H groups in total. The van der Waals surface area contributed by atoms with Crippen molar-refractivity contribution in [3.63, 3.8) is 0 Å². The molecule has 1 atom stereocenters. The van der Waals surface area contributed by atoms with E-state index >= 15 is 0 Å². The maximum Gasteiger partial charge on any atom is 0.257 e. The molecular weight excluding hydrogens is 365 g/mol. The second-order valence-electron chi connectivity index (χ2n) is 7.08. The van der Waals surface area contributed by atoms with Crippen LogP contribution in [0, 0.1) is 5.82 Å². The zero-order valence-corrected chi connectivity index (χ0v) is 16.0. The highest BCUT2D eigenvalue weighted by atomic mass is 32.2. The molecule has 0 bridgehead atoms. The van der Waals surface area contributed by atoms with Gasteiger partial charge in [0.1, 0.15) is 11.6 Å². The number of allylic oxidation sites excluding steroid dienone is 2. The van der Waals surface area contributed by atoms with Crippen LogP contribution in [-0.2, 0) is 4.79 Å². The molecule has 27 heavy (non-hydrogen) atoms. The summed E-state index contributed by atoms with van der Waals surface area (Å²) in [5.74, 6) is -0.531. The van der Waals surface area contributed by atoms with Gasteiger partial charge >= 0.3 is 0 Å². The second kappa shape index (κ2) is 6.96. The largest absolute Gasteiger partial charge is 0.343 e. The van der Waals surface area contributed by atoms with Gasteiger partial charge in [0.25, 0.3) is 5.56 Å². The average molecular weight is 385 g/mol. The van der Waals surface area contributed by atoms with E-state index in [4.69, 9.17) is 0 Å². The summed E-state index contributed by atoms with van der Waals surface area (Å²) in [6.45, 7) is 4.04. The van der Waals surface area contributed by atoms with Crippen molar-refractivity contribution in [2.45, 2.75) is 49.4 Å². The Bertz CT molecular complexity index is 1010. The standard InChI is InChI=1S/C20H20FN3O2S/c1-10(2)27-20-23-18-17(19(26)24-20)15(11-5-3-6-12(21)9-11)16-13(22-18)7-4-8-14(16)25/h3,5-6,9-10,15H,4,7-8H2,1-2H3,(H2,22,23,24,26)/t15-/m1/s1. The first-order valence-electron chi connectivity index (χ1n) is 9.03. The number of H-pyrrole nitrogens is 1. The van der Waals surface area contributed by atoms with Gasteiger partial charge in [0, 0.05) is 28.9 Å². The lowest BCUT2D eigenvalue weighted by Gasteiger charge is -2.32. The number of thioether (sulfide) groups is 1. The predicted molar refractivity (Wildman–Crippen MR) is 104 cm³/mol. The Morgan fingerprint density at radius 2 is 2.07 bits per heavy atom. The lowest BCUT2D eigenvalue weighted by molar-refractivity contribution is -0.116. The third-order valence-corrected chi connectivity index (χ3v) is 5.65. The zero-order chi connectivity index (χ0) is 19.1. The van der Waals surface area contributed by atoms with Crippen LogP contribution >= 0.6 is 11.8 Å². The highest BCUT2D eigenvalue weighted by Crippen LogP contribution is 2.43. The number of ketones is 1. The number of benzene rings is 1. The Labute approximate surface area is 160 Å². The van der Waals surface area contributed by atoms with E-state index in [1.54, 1.807) is 12.1 Å². The number of halogens is 1. The minimum absolute atomic E-state index is 0.00342. The summed E-state index contributed by atoms with van der Waals surface area (Å²) >= 11 is 1.47. The fourth-order valence-corrected chi connectivity index (χ4v) is 4.48. The third-order valence-electron chi connectivity index (χ3n) is 4.77. The molecule has 4 rings (SSSR count). The number of nitrogens with one attached hydrogen (secondary N) is 2. The lowest BCUT2D eigenvalue weighted by atomic mass is 9.76. The van der Waals surface area contributed by atoms with Gasteiger partial charge in [0.15, 0.2) is 10.9 Å². The van der Waals surface area contributed by atoms with Gasteiger partial charge in [-0.25, -0.2) is 9.37 Å². The minimum atomic E-state index is -0.603. The van der Waals surface area contributed by atoms with Crippen LogP contribution in [0.3, 0.4) is 0 Å². The Hall–Kier alpha value is -2.41. The first-order valence-corrected chi connectivity index (χ1v) is 9.91. The smallest absolute Gasteiger partial charge is 0.257 e. The Balaban J connectivity index is 1.93. The number of hydrogen-bond acceptors (Lipinski definition) is 5. The van der Waals surface area contributed by atoms with Gasteiger partial charge in [-0.15, -0.1) is 0 Å². The number of Topliss-reactive ketones (excluding diaryl/α,β-unsaturated/α-hetero) is 1. The number of fused-ring (bicyclic) bond motifs is 1. The molecule has 2 heterocycles. The van der Waals surface area contributed by atoms with E-state index in [1.165, 1.54) is 23.9 Å². The van der Waals surface area contributed by atoms with Gasteiger partial charge < -0.3 is 10.3 Å². The summed E-state index contributed by atoms with van der Waals surface area (Å²) in [5.41, 5.74) is 2.04. The number of carbonyl (C=O) groups is 1. The number of hydrogen-bond donors (Lipinski definition) is 2. The van der Waals surface area contributed by atoms with E-state index in [0.717, 1.165) is 12.1 Å². The summed E-state index contributed by atoms with van der Waals surface area (Å²) < 4.78 is 13.9. The molecule has 1 aromatic heterocycles. The van der Waals surface area contributed by atoms with Crippen LogP contribution in [0.1, 0.15) is 50.2 Å². The van der Waals surface area contributed by atoms with Crippen molar-refractivity contribution >= 4 is 23.4 Å². The molecule has 7 heteroatoms. The van der Waals surface area contributed by atoms with Gasteiger partial charge in [0.2, 0.25) is 0 Å². The van der Waals surface area contributed by atoms with E-state index in [9.17, 15) is 14.0 Å². The fraction of sp³-hybridized carbons (Fsp3) is 0.350. The molecule has 1 aliphatic carbocycles. The van der Waals surface area contributed by atoms with Gasteiger partial charge in [-0.3, -0.25) is 9.59 Å². The molecule has 140 valence electrons. The SMILES string of the molecule is CC(C)Sc1nc2c(c(=O)[nH]1)[C@H](c1cccc(F)c1)C1=C(CCCC1=O)N2. The number of aromatic nitrogens is 2. The van der Waals surface area contributed by atoms with E-state index in [2.05, 4.69) is 15.3 Å². The summed E-state index contributed by atoms with van der Waals surface area (Å²) in [6, 6.07) is 6.10. The molecular formula is C20H20FN3O2S. The van der Waals surface area contributed by atoms with Gasteiger partial charge in [-0.05, 0) is 30.5 Å². The second-order valence-corrected chi connectivity index (χ2v) is 8.65. The summed E-state index contributed by atoms with van der Waals surface area (Å²) in [4.78, 5) is 33.0. The van der Waals surface area contributed by atoms with E-state index in [-0.39, 0.29) is 16.6 Å². The number of anilines is 1.